The number of piperazine rings is 1. The van der Waals surface area contributed by atoms with Crippen LogP contribution in [0.2, 0.25) is 0 Å². The van der Waals surface area contributed by atoms with Crippen LogP contribution in [-0.4, -0.2) is 53.1 Å². The van der Waals surface area contributed by atoms with Crippen molar-refractivity contribution < 1.29 is 27.3 Å². The molecule has 2 heterocycles. The van der Waals surface area contributed by atoms with E-state index < -0.39 is 17.8 Å². The van der Waals surface area contributed by atoms with Crippen molar-refractivity contribution in [2.45, 2.75) is 26.1 Å². The molecule has 1 N–H and O–H groups in total. The van der Waals surface area contributed by atoms with Gasteiger partial charge < -0.3 is 19.6 Å². The van der Waals surface area contributed by atoms with Crippen LogP contribution in [0.25, 0.3) is 0 Å². The average Bonchev–Trinajstić information content (AvgIpc) is 3.13. The van der Waals surface area contributed by atoms with Crippen LogP contribution < -0.4 is 5.32 Å². The highest BCUT2D eigenvalue weighted by molar-refractivity contribution is 5.91. The Bertz CT molecular complexity index is 872. The van der Waals surface area contributed by atoms with Gasteiger partial charge in [0.1, 0.15) is 0 Å². The van der Waals surface area contributed by atoms with Gasteiger partial charge in [0.25, 0.3) is 5.91 Å². The molecular weight excluding hydrogens is 389 g/mol. The number of urea groups is 1. The Morgan fingerprint density at radius 3 is 2.21 bits per heavy atom. The molecule has 1 aromatic heterocycles. The normalized spacial score (nSPS) is 15.9. The first-order chi connectivity index (χ1) is 13.6. The maximum absolute atomic E-state index is 12.7. The third-order valence-electron chi connectivity index (χ3n) is 4.77. The quantitative estimate of drug-likeness (QED) is 0.843. The second-order valence-electron chi connectivity index (χ2n) is 6.90. The third-order valence-corrected chi connectivity index (χ3v) is 4.77. The van der Waals surface area contributed by atoms with Gasteiger partial charge >= 0.3 is 12.2 Å². The molecule has 3 rings (SSSR count). The Labute approximate surface area is 165 Å². The van der Waals surface area contributed by atoms with Gasteiger partial charge in [0.05, 0.1) is 17.3 Å². The number of halogens is 3. The van der Waals surface area contributed by atoms with Crippen LogP contribution >= 0.6 is 0 Å². The number of rotatable bonds is 3. The van der Waals surface area contributed by atoms with Gasteiger partial charge in [0.15, 0.2) is 0 Å². The number of aromatic nitrogens is 1. The molecule has 29 heavy (non-hydrogen) atoms. The van der Waals surface area contributed by atoms with Crippen LogP contribution in [0.3, 0.4) is 0 Å². The fourth-order valence-electron chi connectivity index (χ4n) is 3.05. The van der Waals surface area contributed by atoms with Crippen molar-refractivity contribution in [1.82, 2.24) is 20.3 Å². The number of hydrogen-bond acceptors (Lipinski definition) is 4. The maximum atomic E-state index is 12.7. The molecule has 0 aliphatic carbocycles. The third kappa shape index (κ3) is 4.87. The smallest absolute Gasteiger partial charge is 0.351 e. The second kappa shape index (κ2) is 8.14. The van der Waals surface area contributed by atoms with E-state index in [0.29, 0.717) is 37.4 Å². The lowest BCUT2D eigenvalue weighted by Gasteiger charge is -2.34. The van der Waals surface area contributed by atoms with Crippen molar-refractivity contribution in [1.29, 1.82) is 0 Å². The monoisotopic (exact) mass is 410 g/mol. The average molecular weight is 410 g/mol. The van der Waals surface area contributed by atoms with Crippen molar-refractivity contribution >= 4 is 11.9 Å². The Morgan fingerprint density at radius 2 is 1.69 bits per heavy atom. The number of amides is 3. The lowest BCUT2D eigenvalue weighted by molar-refractivity contribution is -0.137. The van der Waals surface area contributed by atoms with E-state index in [1.54, 1.807) is 29.7 Å². The first-order valence-electron chi connectivity index (χ1n) is 9.10. The Morgan fingerprint density at radius 1 is 1.10 bits per heavy atom. The molecule has 1 aliphatic heterocycles. The SMILES string of the molecule is Cc1cc(C(=O)N2CCN(C(=O)NC(C)c3ccc(C(F)(F)F)cc3)CC2)on1. The molecule has 1 unspecified atom stereocenters. The molecule has 0 saturated carbocycles. The Hall–Kier alpha value is -3.04. The zero-order chi connectivity index (χ0) is 21.2. The van der Waals surface area contributed by atoms with Crippen LogP contribution in [-0.2, 0) is 6.18 Å². The summed E-state index contributed by atoms with van der Waals surface area (Å²) in [5.74, 6) is -0.111. The minimum Gasteiger partial charge on any atom is -0.351 e. The van der Waals surface area contributed by atoms with E-state index in [1.165, 1.54) is 12.1 Å². The van der Waals surface area contributed by atoms with E-state index in [-0.39, 0.29) is 17.7 Å². The summed E-state index contributed by atoms with van der Waals surface area (Å²) < 4.78 is 43.0. The summed E-state index contributed by atoms with van der Waals surface area (Å²) in [5.41, 5.74) is 0.451. The molecule has 156 valence electrons. The van der Waals surface area contributed by atoms with E-state index in [9.17, 15) is 22.8 Å². The van der Waals surface area contributed by atoms with Crippen LogP contribution in [0, 0.1) is 6.92 Å². The molecule has 10 heteroatoms. The molecule has 3 amide bonds. The summed E-state index contributed by atoms with van der Waals surface area (Å²) in [6, 6.07) is 5.46. The Balaban J connectivity index is 1.52. The van der Waals surface area contributed by atoms with Crippen LogP contribution in [0.5, 0.6) is 0 Å². The number of nitrogens with one attached hydrogen (secondary N) is 1. The number of aryl methyl sites for hydroxylation is 1. The molecule has 2 aromatic rings. The number of benzene rings is 1. The van der Waals surface area contributed by atoms with Crippen LogP contribution in [0.1, 0.15) is 40.3 Å². The molecule has 1 saturated heterocycles. The van der Waals surface area contributed by atoms with E-state index in [1.807, 2.05) is 0 Å². The van der Waals surface area contributed by atoms with Gasteiger partial charge in [0.2, 0.25) is 5.76 Å². The molecular formula is C19H21F3N4O3. The zero-order valence-corrected chi connectivity index (χ0v) is 16.0. The zero-order valence-electron chi connectivity index (χ0n) is 16.0. The highest BCUT2D eigenvalue weighted by atomic mass is 19.4. The van der Waals surface area contributed by atoms with Crippen molar-refractivity contribution in [2.24, 2.45) is 0 Å². The van der Waals surface area contributed by atoms with E-state index in [0.717, 1.165) is 12.1 Å². The van der Waals surface area contributed by atoms with Gasteiger partial charge in [0, 0.05) is 32.2 Å². The van der Waals surface area contributed by atoms with Gasteiger partial charge in [-0.1, -0.05) is 17.3 Å². The summed E-state index contributed by atoms with van der Waals surface area (Å²) in [7, 11) is 0. The number of alkyl halides is 3. The van der Waals surface area contributed by atoms with E-state index in [2.05, 4.69) is 10.5 Å². The largest absolute Gasteiger partial charge is 0.416 e. The van der Waals surface area contributed by atoms with Crippen molar-refractivity contribution in [3.63, 3.8) is 0 Å². The first kappa shape index (κ1) is 20.7. The molecule has 7 nitrogen and oxygen atoms in total. The van der Waals surface area contributed by atoms with Crippen molar-refractivity contribution in [3.8, 4) is 0 Å². The molecule has 1 aliphatic rings. The van der Waals surface area contributed by atoms with E-state index >= 15 is 0 Å². The first-order valence-corrected chi connectivity index (χ1v) is 9.10. The van der Waals surface area contributed by atoms with Crippen molar-refractivity contribution in [2.75, 3.05) is 26.2 Å². The summed E-state index contributed by atoms with van der Waals surface area (Å²) in [4.78, 5) is 28.0. The minimum absolute atomic E-state index is 0.163. The standard InChI is InChI=1S/C19H21F3N4O3/c1-12-11-16(29-24-12)17(27)25-7-9-26(10-8-25)18(28)23-13(2)14-3-5-15(6-4-14)19(20,21)22/h3-6,11,13H,7-10H2,1-2H3,(H,23,28). The molecule has 1 atom stereocenters. The van der Waals surface area contributed by atoms with Gasteiger partial charge in [-0.2, -0.15) is 13.2 Å². The summed E-state index contributed by atoms with van der Waals surface area (Å²) >= 11 is 0. The van der Waals surface area contributed by atoms with E-state index in [4.69, 9.17) is 4.52 Å². The predicted molar refractivity (Wildman–Crippen MR) is 97.1 cm³/mol. The second-order valence-corrected chi connectivity index (χ2v) is 6.90. The molecule has 0 spiro atoms. The number of carbonyl (C=O) groups is 2. The molecule has 1 aromatic carbocycles. The maximum Gasteiger partial charge on any atom is 0.416 e. The minimum atomic E-state index is -4.40. The van der Waals surface area contributed by atoms with Gasteiger partial charge in [-0.05, 0) is 31.5 Å². The fraction of sp³-hybridized carbons (Fsp3) is 0.421. The number of carbonyl (C=O) groups excluding carboxylic acids is 2. The summed E-state index contributed by atoms with van der Waals surface area (Å²) in [6.07, 6.45) is -4.40. The molecule has 0 bridgehead atoms. The molecule has 1 fully saturated rings. The van der Waals surface area contributed by atoms with Gasteiger partial charge in [-0.15, -0.1) is 0 Å². The van der Waals surface area contributed by atoms with Gasteiger partial charge in [-0.25, -0.2) is 4.79 Å². The lowest BCUT2D eigenvalue weighted by Crippen LogP contribution is -2.53. The van der Waals surface area contributed by atoms with Crippen LogP contribution in [0.15, 0.2) is 34.9 Å². The Kier molecular flexibility index (Phi) is 5.81. The highest BCUT2D eigenvalue weighted by Gasteiger charge is 2.30. The van der Waals surface area contributed by atoms with Gasteiger partial charge in [-0.3, -0.25) is 4.79 Å². The number of nitrogens with zero attached hydrogens (tertiary/aromatic N) is 3. The highest BCUT2D eigenvalue weighted by Crippen LogP contribution is 2.29. The van der Waals surface area contributed by atoms with Crippen molar-refractivity contribution in [3.05, 3.63) is 52.9 Å². The topological polar surface area (TPSA) is 78.7 Å². The predicted octanol–water partition coefficient (Wildman–Crippen LogP) is 3.23. The lowest BCUT2D eigenvalue weighted by atomic mass is 10.1. The summed E-state index contributed by atoms with van der Waals surface area (Å²) in [5, 5.41) is 6.47. The van der Waals surface area contributed by atoms with Crippen LogP contribution in [0.4, 0.5) is 18.0 Å². The summed E-state index contributed by atoms with van der Waals surface area (Å²) in [6.45, 7) is 4.79. The number of hydrogen-bond donors (Lipinski definition) is 1. The molecule has 0 radical (unpaired) electrons. The fourth-order valence-corrected chi connectivity index (χ4v) is 3.05.